The molecule has 1 amide bonds. The Morgan fingerprint density at radius 2 is 1.62 bits per heavy atom. The van der Waals surface area contributed by atoms with Crippen LogP contribution in [0.5, 0.6) is 0 Å². The molecule has 0 aliphatic rings. The molecular weight excluding hydrogens is 442 g/mol. The Morgan fingerprint density at radius 3 is 2.19 bits per heavy atom. The van der Waals surface area contributed by atoms with Crippen molar-refractivity contribution in [2.24, 2.45) is 23.9 Å². The van der Waals surface area contributed by atoms with Crippen LogP contribution in [-0.2, 0) is 17.1 Å². The molecule has 2 aromatic carbocycles. The first-order valence-corrected chi connectivity index (χ1v) is 13.0. The lowest BCUT2D eigenvalue weighted by atomic mass is 10.2. The minimum Gasteiger partial charge on any atom is -0.319 e. The van der Waals surface area contributed by atoms with Gasteiger partial charge in [0.25, 0.3) is 5.91 Å². The smallest absolute Gasteiger partial charge is 0.279 e. The number of benzene rings is 2. The summed E-state index contributed by atoms with van der Waals surface area (Å²) < 4.78 is 30.8. The van der Waals surface area contributed by atoms with E-state index in [0.29, 0.717) is 23.5 Å². The van der Waals surface area contributed by atoms with Gasteiger partial charge < -0.3 is 4.57 Å². The summed E-state index contributed by atoms with van der Waals surface area (Å²) in [6.45, 7) is 10.9. The predicted octanol–water partition coefficient (Wildman–Crippen LogP) is 4.59. The fraction of sp³-hybridized carbons (Fsp3) is 0.417. The minimum atomic E-state index is -3.63. The Balaban J connectivity index is 1.90. The van der Waals surface area contributed by atoms with Crippen molar-refractivity contribution in [1.82, 2.24) is 8.87 Å². The topological polar surface area (TPSA) is 71.7 Å². The Labute approximate surface area is 194 Å². The second kappa shape index (κ2) is 9.68. The molecule has 0 atom stereocenters. The molecule has 0 aliphatic carbocycles. The highest BCUT2D eigenvalue weighted by Crippen LogP contribution is 2.21. The van der Waals surface area contributed by atoms with E-state index in [9.17, 15) is 13.2 Å². The molecule has 0 aliphatic heterocycles. The minimum absolute atomic E-state index is 0.193. The van der Waals surface area contributed by atoms with E-state index in [0.717, 1.165) is 15.8 Å². The molecule has 0 radical (unpaired) electrons. The molecule has 0 bridgehead atoms. The van der Waals surface area contributed by atoms with Crippen molar-refractivity contribution in [2.45, 2.75) is 39.5 Å². The zero-order valence-electron chi connectivity index (χ0n) is 19.5. The number of carbonyl (C=O) groups excluding carboxylic acids is 1. The summed E-state index contributed by atoms with van der Waals surface area (Å²) >= 11 is 1.46. The SMILES string of the molecule is Cc1ccc2c(c1)sc(=NC(=O)c1ccc(S(=O)(=O)N(CC(C)C)CC(C)C)cc1)n2C. The van der Waals surface area contributed by atoms with Gasteiger partial charge in [-0.2, -0.15) is 9.30 Å². The van der Waals surface area contributed by atoms with Gasteiger partial charge in [0.1, 0.15) is 0 Å². The summed E-state index contributed by atoms with van der Waals surface area (Å²) in [5, 5.41) is 0. The zero-order valence-corrected chi connectivity index (χ0v) is 21.1. The molecule has 0 unspecified atom stereocenters. The molecule has 1 heterocycles. The van der Waals surface area contributed by atoms with Crippen molar-refractivity contribution in [3.05, 3.63) is 58.4 Å². The Morgan fingerprint density at radius 1 is 1.03 bits per heavy atom. The predicted molar refractivity (Wildman–Crippen MR) is 130 cm³/mol. The molecule has 1 aromatic heterocycles. The summed E-state index contributed by atoms with van der Waals surface area (Å²) in [5.41, 5.74) is 2.53. The van der Waals surface area contributed by atoms with Gasteiger partial charge in [-0.05, 0) is 60.7 Å². The van der Waals surface area contributed by atoms with Crippen molar-refractivity contribution < 1.29 is 13.2 Å². The van der Waals surface area contributed by atoms with Gasteiger partial charge in [-0.25, -0.2) is 8.42 Å². The summed E-state index contributed by atoms with van der Waals surface area (Å²) in [7, 11) is -1.75. The third-order valence-electron chi connectivity index (χ3n) is 5.04. The zero-order chi connectivity index (χ0) is 23.6. The highest BCUT2D eigenvalue weighted by atomic mass is 32.2. The number of rotatable bonds is 7. The maximum absolute atomic E-state index is 13.2. The van der Waals surface area contributed by atoms with E-state index in [4.69, 9.17) is 0 Å². The first-order chi connectivity index (χ1) is 15.0. The van der Waals surface area contributed by atoms with Gasteiger partial charge in [-0.1, -0.05) is 45.1 Å². The molecular formula is C24H31N3O3S2. The van der Waals surface area contributed by atoms with E-state index in [2.05, 4.69) is 11.1 Å². The molecule has 0 saturated carbocycles. The van der Waals surface area contributed by atoms with Crippen LogP contribution >= 0.6 is 11.3 Å². The van der Waals surface area contributed by atoms with E-state index >= 15 is 0 Å². The maximum Gasteiger partial charge on any atom is 0.279 e. The van der Waals surface area contributed by atoms with Crippen molar-refractivity contribution in [2.75, 3.05) is 13.1 Å². The van der Waals surface area contributed by atoms with Gasteiger partial charge in [0.05, 0.1) is 15.1 Å². The average Bonchev–Trinajstić information content (AvgIpc) is 3.01. The third kappa shape index (κ3) is 5.36. The number of thiazole rings is 1. The third-order valence-corrected chi connectivity index (χ3v) is 7.98. The summed E-state index contributed by atoms with van der Waals surface area (Å²) in [6.07, 6.45) is 0. The van der Waals surface area contributed by atoms with Gasteiger partial charge in [-0.15, -0.1) is 0 Å². The van der Waals surface area contributed by atoms with Crippen LogP contribution in [0.2, 0.25) is 0 Å². The molecule has 3 aromatic rings. The van der Waals surface area contributed by atoms with Crippen molar-refractivity contribution in [1.29, 1.82) is 0 Å². The van der Waals surface area contributed by atoms with E-state index < -0.39 is 15.9 Å². The molecule has 172 valence electrons. The van der Waals surface area contributed by atoms with Gasteiger partial charge in [0.2, 0.25) is 10.0 Å². The molecule has 6 nitrogen and oxygen atoms in total. The van der Waals surface area contributed by atoms with E-state index in [1.54, 1.807) is 12.1 Å². The highest BCUT2D eigenvalue weighted by Gasteiger charge is 2.26. The molecule has 8 heteroatoms. The van der Waals surface area contributed by atoms with Gasteiger partial charge >= 0.3 is 0 Å². The van der Waals surface area contributed by atoms with Crippen LogP contribution < -0.4 is 4.80 Å². The second-order valence-corrected chi connectivity index (χ2v) is 11.9. The number of fused-ring (bicyclic) bond motifs is 1. The highest BCUT2D eigenvalue weighted by molar-refractivity contribution is 7.89. The number of hydrogen-bond acceptors (Lipinski definition) is 4. The second-order valence-electron chi connectivity index (χ2n) is 8.97. The summed E-state index contributed by atoms with van der Waals surface area (Å²) in [6, 6.07) is 12.2. The summed E-state index contributed by atoms with van der Waals surface area (Å²) in [4.78, 5) is 17.8. The van der Waals surface area contributed by atoms with Crippen molar-refractivity contribution >= 4 is 37.5 Å². The fourth-order valence-corrected chi connectivity index (χ4v) is 6.39. The normalized spacial score (nSPS) is 13.1. The number of nitrogens with zero attached hydrogens (tertiary/aromatic N) is 3. The lowest BCUT2D eigenvalue weighted by molar-refractivity contribution is 0.0998. The number of sulfonamides is 1. The first-order valence-electron chi connectivity index (χ1n) is 10.7. The van der Waals surface area contributed by atoms with E-state index in [1.165, 1.54) is 27.8 Å². The van der Waals surface area contributed by atoms with Crippen LogP contribution in [0.1, 0.15) is 43.6 Å². The van der Waals surface area contributed by atoms with E-state index in [-0.39, 0.29) is 16.7 Å². The molecule has 0 fully saturated rings. The van der Waals surface area contributed by atoms with Crippen LogP contribution in [0, 0.1) is 18.8 Å². The van der Waals surface area contributed by atoms with Crippen LogP contribution in [0.25, 0.3) is 10.2 Å². The largest absolute Gasteiger partial charge is 0.319 e. The van der Waals surface area contributed by atoms with Gasteiger partial charge in [0, 0.05) is 25.7 Å². The van der Waals surface area contributed by atoms with Gasteiger partial charge in [0.15, 0.2) is 4.80 Å². The number of aryl methyl sites for hydroxylation is 2. The fourth-order valence-electron chi connectivity index (χ4n) is 3.50. The number of hydrogen-bond donors (Lipinski definition) is 0. The van der Waals surface area contributed by atoms with Crippen LogP contribution in [0.15, 0.2) is 52.4 Å². The van der Waals surface area contributed by atoms with Crippen LogP contribution in [0.4, 0.5) is 0 Å². The van der Waals surface area contributed by atoms with Crippen LogP contribution in [0.3, 0.4) is 0 Å². The van der Waals surface area contributed by atoms with E-state index in [1.807, 2.05) is 58.4 Å². The Kier molecular flexibility index (Phi) is 7.37. The Bertz CT molecular complexity index is 1270. The first kappa shape index (κ1) is 24.4. The molecule has 32 heavy (non-hydrogen) atoms. The summed E-state index contributed by atoms with van der Waals surface area (Å²) in [5.74, 6) is 0.0390. The standard InChI is InChI=1S/C24H31N3O3S2/c1-16(2)14-27(15-17(3)4)32(29,30)20-10-8-19(9-11-20)23(28)25-24-26(6)21-12-7-18(5)13-22(21)31-24/h7-13,16-17H,14-15H2,1-6H3. The monoisotopic (exact) mass is 473 g/mol. The maximum atomic E-state index is 13.2. The number of aromatic nitrogens is 1. The van der Waals surface area contributed by atoms with Crippen LogP contribution in [-0.4, -0.2) is 36.3 Å². The molecule has 3 rings (SSSR count). The Hall–Kier alpha value is -2.29. The number of amides is 1. The quantitative estimate of drug-likeness (QED) is 0.504. The average molecular weight is 474 g/mol. The lowest BCUT2D eigenvalue weighted by Gasteiger charge is -2.25. The van der Waals surface area contributed by atoms with Gasteiger partial charge in [-0.3, -0.25) is 4.79 Å². The molecule has 0 saturated heterocycles. The molecule has 0 N–H and O–H groups in total. The lowest BCUT2D eigenvalue weighted by Crippen LogP contribution is -2.37. The molecule has 0 spiro atoms. The number of carbonyl (C=O) groups is 1. The van der Waals surface area contributed by atoms with Crippen molar-refractivity contribution in [3.8, 4) is 0 Å². The van der Waals surface area contributed by atoms with Crippen molar-refractivity contribution in [3.63, 3.8) is 0 Å².